The number of thiophene rings is 1. The van der Waals surface area contributed by atoms with Crippen LogP contribution in [0.5, 0.6) is 0 Å². The van der Waals surface area contributed by atoms with Crippen molar-refractivity contribution >= 4 is 38.1 Å². The Hall–Kier alpha value is -2.19. The van der Waals surface area contributed by atoms with Gasteiger partial charge in [-0.3, -0.25) is 4.79 Å². The molecule has 1 N–H and O–H groups in total. The van der Waals surface area contributed by atoms with Gasteiger partial charge in [-0.05, 0) is 31.4 Å². The van der Waals surface area contributed by atoms with Gasteiger partial charge < -0.3 is 10.1 Å². The van der Waals surface area contributed by atoms with E-state index in [9.17, 15) is 18.0 Å². The zero-order valence-corrected chi connectivity index (χ0v) is 17.2. The summed E-state index contributed by atoms with van der Waals surface area (Å²) in [5, 5.41) is 3.15. The lowest BCUT2D eigenvalue weighted by Gasteiger charge is -2.07. The fourth-order valence-corrected chi connectivity index (χ4v) is 5.10. The maximum absolute atomic E-state index is 12.2. The third-order valence-corrected chi connectivity index (χ3v) is 6.92. The first kappa shape index (κ1) is 21.1. The first-order valence-corrected chi connectivity index (χ1v) is 11.1. The quantitative estimate of drug-likeness (QED) is 0.674. The van der Waals surface area contributed by atoms with E-state index in [-0.39, 0.29) is 30.3 Å². The van der Waals surface area contributed by atoms with E-state index < -0.39 is 15.8 Å². The van der Waals surface area contributed by atoms with E-state index >= 15 is 0 Å². The molecular weight excluding hydrogens is 386 g/mol. The number of anilines is 1. The number of methoxy groups -OCH3 is 1. The van der Waals surface area contributed by atoms with Crippen LogP contribution >= 0.6 is 11.3 Å². The van der Waals surface area contributed by atoms with Crippen molar-refractivity contribution in [3.8, 4) is 0 Å². The Kier molecular flexibility index (Phi) is 7.15. The second-order valence-corrected chi connectivity index (χ2v) is 9.62. The van der Waals surface area contributed by atoms with E-state index in [1.54, 1.807) is 31.2 Å². The molecule has 1 aromatic heterocycles. The molecule has 146 valence electrons. The van der Waals surface area contributed by atoms with Crippen LogP contribution in [0.1, 0.15) is 39.2 Å². The molecule has 0 atom stereocenters. The van der Waals surface area contributed by atoms with Gasteiger partial charge in [-0.2, -0.15) is 0 Å². The van der Waals surface area contributed by atoms with Gasteiger partial charge in [0, 0.05) is 11.3 Å². The van der Waals surface area contributed by atoms with Crippen LogP contribution in [0.4, 0.5) is 5.00 Å². The third-order valence-electron chi connectivity index (χ3n) is 4.12. The van der Waals surface area contributed by atoms with Crippen molar-refractivity contribution in [1.29, 1.82) is 0 Å². The largest absolute Gasteiger partial charge is 0.465 e. The highest BCUT2D eigenvalue weighted by Crippen LogP contribution is 2.33. The zero-order valence-electron chi connectivity index (χ0n) is 15.6. The molecule has 0 saturated heterocycles. The molecule has 1 heterocycles. The van der Waals surface area contributed by atoms with Crippen LogP contribution in [0.3, 0.4) is 0 Å². The van der Waals surface area contributed by atoms with E-state index in [0.717, 1.165) is 16.0 Å². The number of nitrogens with one attached hydrogen (secondary N) is 1. The summed E-state index contributed by atoms with van der Waals surface area (Å²) in [4.78, 5) is 25.0. The topological polar surface area (TPSA) is 89.5 Å². The fourth-order valence-electron chi connectivity index (χ4n) is 2.60. The molecule has 0 spiro atoms. The Bertz CT molecular complexity index is 917. The van der Waals surface area contributed by atoms with E-state index in [4.69, 9.17) is 4.74 Å². The van der Waals surface area contributed by atoms with Crippen LogP contribution in [-0.2, 0) is 25.1 Å². The van der Waals surface area contributed by atoms with E-state index in [2.05, 4.69) is 5.32 Å². The van der Waals surface area contributed by atoms with E-state index in [0.29, 0.717) is 10.6 Å². The van der Waals surface area contributed by atoms with Gasteiger partial charge in [-0.15, -0.1) is 11.3 Å². The lowest BCUT2D eigenvalue weighted by atomic mass is 10.1. The van der Waals surface area contributed by atoms with Gasteiger partial charge in [-0.25, -0.2) is 13.2 Å². The second-order valence-electron chi connectivity index (χ2n) is 6.21. The molecule has 0 aliphatic rings. The maximum Gasteiger partial charge on any atom is 0.341 e. The lowest BCUT2D eigenvalue weighted by molar-refractivity contribution is -0.116. The van der Waals surface area contributed by atoms with Crippen LogP contribution < -0.4 is 5.32 Å². The summed E-state index contributed by atoms with van der Waals surface area (Å²) in [6.07, 6.45) is 0.280. The highest BCUT2D eigenvalue weighted by molar-refractivity contribution is 7.90. The number of hydrogen-bond acceptors (Lipinski definition) is 6. The number of aryl methyl sites for hydroxylation is 1. The van der Waals surface area contributed by atoms with Crippen LogP contribution in [-0.4, -0.2) is 33.2 Å². The molecule has 8 heteroatoms. The van der Waals surface area contributed by atoms with Crippen LogP contribution in [0, 0.1) is 13.8 Å². The van der Waals surface area contributed by atoms with Crippen LogP contribution in [0.15, 0.2) is 30.3 Å². The summed E-state index contributed by atoms with van der Waals surface area (Å²) < 4.78 is 29.1. The number of rotatable bonds is 8. The molecule has 2 rings (SSSR count). The number of sulfone groups is 1. The van der Waals surface area contributed by atoms with Crippen molar-refractivity contribution in [2.45, 2.75) is 32.4 Å². The average molecular weight is 410 g/mol. The molecule has 0 saturated carbocycles. The Labute approximate surface area is 163 Å². The highest BCUT2D eigenvalue weighted by atomic mass is 32.2. The number of carbonyl (C=O) groups excluding carboxylic acids is 2. The van der Waals surface area contributed by atoms with Crippen molar-refractivity contribution < 1.29 is 22.7 Å². The molecule has 0 unspecified atom stereocenters. The van der Waals surface area contributed by atoms with Gasteiger partial charge in [0.25, 0.3) is 0 Å². The standard InChI is InChI=1S/C19H23NO5S2/c1-13-14(2)26-18(17(13)19(22)25-3)20-16(21)10-7-11-27(23,24)12-15-8-5-4-6-9-15/h4-6,8-9H,7,10-12H2,1-3H3,(H,20,21). The second kappa shape index (κ2) is 9.14. The Balaban J connectivity index is 1.92. The molecule has 1 aromatic carbocycles. The molecule has 2 aromatic rings. The van der Waals surface area contributed by atoms with Crippen LogP contribution in [0.25, 0.3) is 0 Å². The molecule has 0 bridgehead atoms. The van der Waals surface area contributed by atoms with Crippen molar-refractivity contribution in [1.82, 2.24) is 0 Å². The number of amides is 1. The van der Waals surface area contributed by atoms with Gasteiger partial charge in [0.1, 0.15) is 5.00 Å². The number of esters is 1. The molecule has 27 heavy (non-hydrogen) atoms. The lowest BCUT2D eigenvalue weighted by Crippen LogP contribution is -2.16. The number of benzene rings is 1. The number of carbonyl (C=O) groups is 2. The van der Waals surface area contributed by atoms with Crippen molar-refractivity contribution in [3.63, 3.8) is 0 Å². The van der Waals surface area contributed by atoms with Gasteiger partial charge in [0.15, 0.2) is 9.84 Å². The predicted octanol–water partition coefficient (Wildman–Crippen LogP) is 3.49. The maximum atomic E-state index is 12.2. The first-order chi connectivity index (χ1) is 12.7. The SMILES string of the molecule is COC(=O)c1c(NC(=O)CCCS(=O)(=O)Cc2ccccc2)sc(C)c1C. The average Bonchev–Trinajstić information content (AvgIpc) is 2.88. The summed E-state index contributed by atoms with van der Waals surface area (Å²) >= 11 is 1.30. The molecule has 0 fully saturated rings. The molecule has 6 nitrogen and oxygen atoms in total. The van der Waals surface area contributed by atoms with Gasteiger partial charge in [0.05, 0.1) is 24.2 Å². The summed E-state index contributed by atoms with van der Waals surface area (Å²) in [6.45, 7) is 3.65. The minimum absolute atomic E-state index is 0.0364. The monoisotopic (exact) mass is 409 g/mol. The minimum Gasteiger partial charge on any atom is -0.465 e. The summed E-state index contributed by atoms with van der Waals surface area (Å²) in [6, 6.07) is 8.95. The Morgan fingerprint density at radius 3 is 2.44 bits per heavy atom. The number of hydrogen-bond donors (Lipinski definition) is 1. The van der Waals surface area contributed by atoms with Crippen LogP contribution in [0.2, 0.25) is 0 Å². The molecule has 0 aliphatic heterocycles. The zero-order chi connectivity index (χ0) is 20.0. The first-order valence-electron chi connectivity index (χ1n) is 8.46. The van der Waals surface area contributed by atoms with Crippen molar-refractivity contribution in [2.24, 2.45) is 0 Å². The normalized spacial score (nSPS) is 11.2. The van der Waals surface area contributed by atoms with Crippen molar-refractivity contribution in [3.05, 3.63) is 51.9 Å². The molecule has 1 amide bonds. The fraction of sp³-hybridized carbons (Fsp3) is 0.368. The summed E-state index contributed by atoms with van der Waals surface area (Å²) in [5.74, 6) is -0.929. The molecule has 0 aliphatic carbocycles. The highest BCUT2D eigenvalue weighted by Gasteiger charge is 2.21. The minimum atomic E-state index is -3.28. The van der Waals surface area contributed by atoms with Gasteiger partial charge >= 0.3 is 5.97 Å². The van der Waals surface area contributed by atoms with E-state index in [1.165, 1.54) is 18.4 Å². The Morgan fingerprint density at radius 1 is 1.15 bits per heavy atom. The molecular formula is C19H23NO5S2. The van der Waals surface area contributed by atoms with Crippen molar-refractivity contribution in [2.75, 3.05) is 18.2 Å². The smallest absolute Gasteiger partial charge is 0.341 e. The predicted molar refractivity (Wildman–Crippen MR) is 107 cm³/mol. The third kappa shape index (κ3) is 5.90. The van der Waals surface area contributed by atoms with Gasteiger partial charge in [-0.1, -0.05) is 30.3 Å². The molecule has 0 radical (unpaired) electrons. The Morgan fingerprint density at radius 2 is 1.81 bits per heavy atom. The van der Waals surface area contributed by atoms with Gasteiger partial charge in [0.2, 0.25) is 5.91 Å². The number of ether oxygens (including phenoxy) is 1. The summed E-state index contributed by atoms with van der Waals surface area (Å²) in [7, 11) is -1.99. The van der Waals surface area contributed by atoms with E-state index in [1.807, 2.05) is 13.0 Å². The summed E-state index contributed by atoms with van der Waals surface area (Å²) in [5.41, 5.74) is 1.85.